The van der Waals surface area contributed by atoms with Gasteiger partial charge in [-0.1, -0.05) is 24.3 Å². The quantitative estimate of drug-likeness (QED) is 0.578. The molecule has 2 fully saturated rings. The molecule has 1 amide bonds. The van der Waals surface area contributed by atoms with Gasteiger partial charge in [-0.25, -0.2) is 4.68 Å². The SMILES string of the molecule is C[C@H]1[C@H](O)[C@@H](O)[C@H]2CNC[C@@H]2[C@H]1C(=O)NCCn1nnc2ccccc21. The van der Waals surface area contributed by atoms with E-state index in [1.807, 2.05) is 31.2 Å². The second-order valence-corrected chi connectivity index (χ2v) is 7.44. The first-order chi connectivity index (χ1) is 12.6. The molecule has 140 valence electrons. The molecule has 1 aliphatic heterocycles. The minimum absolute atomic E-state index is 0.0515. The Bertz CT molecular complexity index is 794. The summed E-state index contributed by atoms with van der Waals surface area (Å²) in [6.07, 6.45) is -1.64. The molecule has 0 unspecified atom stereocenters. The van der Waals surface area contributed by atoms with Crippen molar-refractivity contribution in [3.8, 4) is 0 Å². The first kappa shape index (κ1) is 17.4. The molecule has 1 saturated heterocycles. The van der Waals surface area contributed by atoms with E-state index in [0.717, 1.165) is 11.0 Å². The molecule has 8 nitrogen and oxygen atoms in total. The van der Waals surface area contributed by atoms with Crippen LogP contribution in [-0.2, 0) is 11.3 Å². The van der Waals surface area contributed by atoms with Crippen molar-refractivity contribution in [2.45, 2.75) is 25.7 Å². The fourth-order valence-corrected chi connectivity index (χ4v) is 4.57. The zero-order chi connectivity index (χ0) is 18.3. The van der Waals surface area contributed by atoms with Crippen LogP contribution in [-0.4, -0.2) is 63.0 Å². The van der Waals surface area contributed by atoms with Crippen molar-refractivity contribution >= 4 is 16.9 Å². The molecule has 1 aromatic carbocycles. The van der Waals surface area contributed by atoms with Crippen LogP contribution in [0.4, 0.5) is 0 Å². The number of hydrogen-bond donors (Lipinski definition) is 4. The van der Waals surface area contributed by atoms with E-state index < -0.39 is 12.2 Å². The summed E-state index contributed by atoms with van der Waals surface area (Å²) in [5.74, 6) is -0.669. The van der Waals surface area contributed by atoms with Gasteiger partial charge in [0.1, 0.15) is 5.52 Å². The smallest absolute Gasteiger partial charge is 0.223 e. The molecule has 0 spiro atoms. The number of aromatic nitrogens is 3. The number of rotatable bonds is 4. The molecule has 0 bridgehead atoms. The van der Waals surface area contributed by atoms with Crippen molar-refractivity contribution in [2.24, 2.45) is 23.7 Å². The van der Waals surface area contributed by atoms with Gasteiger partial charge < -0.3 is 20.8 Å². The number of nitrogens with one attached hydrogen (secondary N) is 2. The predicted octanol–water partition coefficient (Wildman–Crippen LogP) is -0.629. The molecule has 2 aliphatic rings. The number of aliphatic hydroxyl groups is 2. The van der Waals surface area contributed by atoms with Crippen LogP contribution in [0.3, 0.4) is 0 Å². The number of carbonyl (C=O) groups is 1. The molecule has 1 aromatic heterocycles. The summed E-state index contributed by atoms with van der Waals surface area (Å²) >= 11 is 0. The van der Waals surface area contributed by atoms with Crippen molar-refractivity contribution in [3.05, 3.63) is 24.3 Å². The number of aliphatic hydroxyl groups excluding tert-OH is 2. The minimum atomic E-state index is -0.869. The van der Waals surface area contributed by atoms with Gasteiger partial charge in [0, 0.05) is 24.9 Å². The van der Waals surface area contributed by atoms with Crippen LogP contribution in [0.15, 0.2) is 24.3 Å². The fraction of sp³-hybridized carbons (Fsp3) is 0.611. The zero-order valence-electron chi connectivity index (χ0n) is 14.7. The van der Waals surface area contributed by atoms with E-state index in [4.69, 9.17) is 0 Å². The highest BCUT2D eigenvalue weighted by Crippen LogP contribution is 2.41. The van der Waals surface area contributed by atoms with Crippen molar-refractivity contribution in [1.82, 2.24) is 25.6 Å². The summed E-state index contributed by atoms with van der Waals surface area (Å²) in [4.78, 5) is 12.8. The van der Waals surface area contributed by atoms with Gasteiger partial charge in [-0.3, -0.25) is 4.79 Å². The molecule has 26 heavy (non-hydrogen) atoms. The summed E-state index contributed by atoms with van der Waals surface area (Å²) in [5.41, 5.74) is 1.77. The van der Waals surface area contributed by atoms with E-state index in [0.29, 0.717) is 26.2 Å². The van der Waals surface area contributed by atoms with E-state index in [2.05, 4.69) is 20.9 Å². The second-order valence-electron chi connectivity index (χ2n) is 7.44. The lowest BCUT2D eigenvalue weighted by molar-refractivity contribution is -0.145. The molecule has 4 N–H and O–H groups in total. The normalized spacial score (nSPS) is 34.0. The second kappa shape index (κ2) is 6.94. The van der Waals surface area contributed by atoms with Crippen molar-refractivity contribution in [1.29, 1.82) is 0 Å². The van der Waals surface area contributed by atoms with E-state index in [-0.39, 0.29) is 29.6 Å². The Morgan fingerprint density at radius 2 is 2.04 bits per heavy atom. The third kappa shape index (κ3) is 2.87. The number of nitrogens with zero attached hydrogens (tertiary/aromatic N) is 3. The van der Waals surface area contributed by atoms with Crippen molar-refractivity contribution < 1.29 is 15.0 Å². The maximum absolute atomic E-state index is 12.8. The Balaban J connectivity index is 1.41. The van der Waals surface area contributed by atoms with Gasteiger partial charge in [0.25, 0.3) is 0 Å². The third-order valence-corrected chi connectivity index (χ3v) is 6.01. The Morgan fingerprint density at radius 3 is 2.88 bits per heavy atom. The van der Waals surface area contributed by atoms with Gasteiger partial charge in [0.2, 0.25) is 5.91 Å². The number of amides is 1. The largest absolute Gasteiger partial charge is 0.390 e. The van der Waals surface area contributed by atoms with Crippen LogP contribution < -0.4 is 10.6 Å². The van der Waals surface area contributed by atoms with Crippen LogP contribution in [0.25, 0.3) is 11.0 Å². The number of hydrogen-bond acceptors (Lipinski definition) is 6. The maximum atomic E-state index is 12.8. The van der Waals surface area contributed by atoms with Gasteiger partial charge in [0.05, 0.1) is 24.3 Å². The topological polar surface area (TPSA) is 112 Å². The average Bonchev–Trinajstić information content (AvgIpc) is 3.28. The predicted molar refractivity (Wildman–Crippen MR) is 95.1 cm³/mol. The first-order valence-electron chi connectivity index (χ1n) is 9.20. The molecule has 4 rings (SSSR count). The van der Waals surface area contributed by atoms with E-state index >= 15 is 0 Å². The van der Waals surface area contributed by atoms with Crippen LogP contribution in [0.1, 0.15) is 6.92 Å². The highest BCUT2D eigenvalue weighted by Gasteiger charge is 2.52. The van der Waals surface area contributed by atoms with Crippen LogP contribution in [0.2, 0.25) is 0 Å². The first-order valence-corrected chi connectivity index (χ1v) is 9.20. The van der Waals surface area contributed by atoms with E-state index in [1.165, 1.54) is 0 Å². The Morgan fingerprint density at radius 1 is 1.27 bits per heavy atom. The van der Waals surface area contributed by atoms with Gasteiger partial charge in [-0.2, -0.15) is 0 Å². The standard InChI is InChI=1S/C18H25N5O3/c1-10-15(11-8-19-9-12(11)17(25)16(10)24)18(26)20-6-7-23-14-5-3-2-4-13(14)21-22-23/h2-5,10-12,15-17,19,24-25H,6-9H2,1H3,(H,20,26)/t10-,11+,12+,15+,16+,17+/m1/s1. The molecule has 1 saturated carbocycles. The van der Waals surface area contributed by atoms with Crippen LogP contribution >= 0.6 is 0 Å². The Hall–Kier alpha value is -2.03. The molecule has 2 heterocycles. The lowest BCUT2D eigenvalue weighted by Gasteiger charge is -2.43. The third-order valence-electron chi connectivity index (χ3n) is 6.01. The molecule has 0 radical (unpaired) electrons. The lowest BCUT2D eigenvalue weighted by Crippen LogP contribution is -2.55. The highest BCUT2D eigenvalue weighted by molar-refractivity contribution is 5.79. The Labute approximate surface area is 151 Å². The Kier molecular flexibility index (Phi) is 4.64. The van der Waals surface area contributed by atoms with Crippen LogP contribution in [0.5, 0.6) is 0 Å². The molecule has 8 heteroatoms. The van der Waals surface area contributed by atoms with Crippen LogP contribution in [0, 0.1) is 23.7 Å². The van der Waals surface area contributed by atoms with E-state index in [9.17, 15) is 15.0 Å². The zero-order valence-corrected chi connectivity index (χ0v) is 14.7. The fourth-order valence-electron chi connectivity index (χ4n) is 4.57. The summed E-state index contributed by atoms with van der Waals surface area (Å²) in [7, 11) is 0. The van der Waals surface area contributed by atoms with Crippen molar-refractivity contribution in [2.75, 3.05) is 19.6 Å². The number of benzene rings is 1. The summed E-state index contributed by atoms with van der Waals surface area (Å²) in [5, 5.41) is 35.1. The lowest BCUT2D eigenvalue weighted by atomic mass is 9.65. The van der Waals surface area contributed by atoms with E-state index in [1.54, 1.807) is 4.68 Å². The van der Waals surface area contributed by atoms with Gasteiger partial charge in [-0.15, -0.1) is 5.10 Å². The van der Waals surface area contributed by atoms with Gasteiger partial charge >= 0.3 is 0 Å². The average molecular weight is 359 g/mol. The molecule has 2 aromatic rings. The number of carbonyl (C=O) groups excluding carboxylic acids is 1. The summed E-state index contributed by atoms with van der Waals surface area (Å²) in [6.45, 7) is 4.16. The minimum Gasteiger partial charge on any atom is -0.390 e. The molecule has 1 aliphatic carbocycles. The molecule has 6 atom stereocenters. The molecular formula is C18H25N5O3. The molecular weight excluding hydrogens is 334 g/mol. The monoisotopic (exact) mass is 359 g/mol. The summed E-state index contributed by atoms with van der Waals surface area (Å²) < 4.78 is 1.78. The van der Waals surface area contributed by atoms with Crippen molar-refractivity contribution in [3.63, 3.8) is 0 Å². The van der Waals surface area contributed by atoms with Gasteiger partial charge in [-0.05, 0) is 30.5 Å². The maximum Gasteiger partial charge on any atom is 0.223 e. The number of para-hydroxylation sites is 1. The summed E-state index contributed by atoms with van der Waals surface area (Å²) in [6, 6.07) is 7.71. The number of fused-ring (bicyclic) bond motifs is 2. The van der Waals surface area contributed by atoms with Gasteiger partial charge in [0.15, 0.2) is 0 Å². The highest BCUT2D eigenvalue weighted by atomic mass is 16.3.